The second-order valence-electron chi connectivity index (χ2n) is 3.74. The fraction of sp³-hybridized carbons (Fsp3) is 0.200. The molecule has 2 rings (SSSR count). The topological polar surface area (TPSA) is 39.9 Å². The summed E-state index contributed by atoms with van der Waals surface area (Å²) in [7, 11) is 1.68. The van der Waals surface area contributed by atoms with Crippen LogP contribution in [0.4, 0.5) is 12.9 Å². The van der Waals surface area contributed by atoms with Gasteiger partial charge in [0.05, 0.1) is 0 Å². The number of hydrogen-bond donors (Lipinski definition) is 0. The van der Waals surface area contributed by atoms with Crippen molar-refractivity contribution in [2.45, 2.75) is 6.61 Å². The van der Waals surface area contributed by atoms with E-state index in [1.807, 2.05) is 0 Å². The fourth-order valence-electron chi connectivity index (χ4n) is 1.41. The quantitative estimate of drug-likeness (QED) is 0.641. The van der Waals surface area contributed by atoms with E-state index < -0.39 is 12.4 Å². The van der Waals surface area contributed by atoms with Gasteiger partial charge in [0.1, 0.15) is 18.7 Å². The number of halogens is 3. The van der Waals surface area contributed by atoms with E-state index in [0.29, 0.717) is 5.82 Å². The third-order valence-corrected chi connectivity index (χ3v) is 2.41. The first-order valence-electron chi connectivity index (χ1n) is 5.22. The second-order valence-corrected chi connectivity index (χ2v) is 3.74. The Bertz CT molecular complexity index is 547. The van der Waals surface area contributed by atoms with Gasteiger partial charge in [0.15, 0.2) is 5.82 Å². The van der Waals surface area contributed by atoms with Crippen molar-refractivity contribution in [3.63, 3.8) is 0 Å². The molecule has 0 aliphatic heterocycles. The molecule has 0 spiro atoms. The van der Waals surface area contributed by atoms with E-state index in [2.05, 4.69) is 10.1 Å². The molecule has 0 atom stereocenters. The van der Waals surface area contributed by atoms with Crippen molar-refractivity contribution < 1.29 is 69.1 Å². The largest absolute Gasteiger partial charge is 1.00 e. The van der Waals surface area contributed by atoms with E-state index >= 15 is 0 Å². The van der Waals surface area contributed by atoms with Crippen LogP contribution in [0.15, 0.2) is 30.6 Å². The van der Waals surface area contributed by atoms with Gasteiger partial charge >= 0.3 is 58.4 Å². The smallest absolute Gasteiger partial charge is 0.486 e. The molecule has 2 aromatic rings. The maximum absolute atomic E-state index is 12.5. The van der Waals surface area contributed by atoms with Crippen LogP contribution in [0, 0.1) is 0 Å². The van der Waals surface area contributed by atoms with Crippen molar-refractivity contribution >= 4 is 12.4 Å². The van der Waals surface area contributed by atoms with Gasteiger partial charge in [-0.25, -0.2) is 4.98 Å². The van der Waals surface area contributed by atoms with Crippen LogP contribution in [0.25, 0.3) is 0 Å². The van der Waals surface area contributed by atoms with Gasteiger partial charge in [0.25, 0.3) is 0 Å². The Morgan fingerprint density at radius 3 is 2.63 bits per heavy atom. The third kappa shape index (κ3) is 4.60. The van der Waals surface area contributed by atoms with E-state index in [4.69, 9.17) is 4.74 Å². The minimum atomic E-state index is -5.01. The van der Waals surface area contributed by atoms with Gasteiger partial charge in [-0.3, -0.25) is 4.68 Å². The molecule has 19 heavy (non-hydrogen) atoms. The molecule has 0 radical (unpaired) electrons. The first-order chi connectivity index (χ1) is 8.47. The summed E-state index contributed by atoms with van der Waals surface area (Å²) < 4.78 is 44.3. The third-order valence-electron chi connectivity index (χ3n) is 2.41. The van der Waals surface area contributed by atoms with Crippen molar-refractivity contribution in [2.75, 3.05) is 0 Å². The molecule has 0 aliphatic rings. The summed E-state index contributed by atoms with van der Waals surface area (Å²) in [5.41, 5.74) is -0.675. The van der Waals surface area contributed by atoms with Crippen molar-refractivity contribution in [3.8, 4) is 5.75 Å². The summed E-state index contributed by atoms with van der Waals surface area (Å²) in [4.78, 5) is 3.91. The van der Waals surface area contributed by atoms with Gasteiger partial charge in [-0.1, -0.05) is 12.1 Å². The Balaban J connectivity index is 0.00000180. The molecule has 96 valence electrons. The fourth-order valence-corrected chi connectivity index (χ4v) is 1.41. The average molecular weight is 295 g/mol. The van der Waals surface area contributed by atoms with Crippen LogP contribution in [-0.2, 0) is 13.7 Å². The standard InChI is InChI=1S/C10H10BF3N3O.K/c1-17-10(15-7-16-17)6-18-9-4-2-3-8(5-9)11(12,13)14;/h2-5,7H,6H2,1H3;/q-1;+1. The van der Waals surface area contributed by atoms with Crippen LogP contribution in [0.3, 0.4) is 0 Å². The molecule has 0 fully saturated rings. The van der Waals surface area contributed by atoms with Crippen LogP contribution < -0.4 is 61.6 Å². The van der Waals surface area contributed by atoms with Crippen molar-refractivity contribution in [3.05, 3.63) is 36.4 Å². The Labute approximate surface area is 150 Å². The Morgan fingerprint density at radius 1 is 1.32 bits per heavy atom. The summed E-state index contributed by atoms with van der Waals surface area (Å²) >= 11 is 0. The van der Waals surface area contributed by atoms with Gasteiger partial charge in [-0.05, 0) is 12.1 Å². The SMILES string of the molecule is Cn1ncnc1COc1cccc([B-](F)(F)F)c1.[K+]. The summed E-state index contributed by atoms with van der Waals surface area (Å²) in [5.74, 6) is 0.702. The zero-order chi connectivity index (χ0) is 13.2. The first-order valence-corrected chi connectivity index (χ1v) is 5.22. The zero-order valence-corrected chi connectivity index (χ0v) is 13.7. The molecule has 0 aliphatic carbocycles. The number of aromatic nitrogens is 3. The predicted molar refractivity (Wildman–Crippen MR) is 60.5 cm³/mol. The summed E-state index contributed by atoms with van der Waals surface area (Å²) in [6.07, 6.45) is 1.36. The normalized spacial score (nSPS) is 10.9. The predicted octanol–water partition coefficient (Wildman–Crippen LogP) is -1.55. The van der Waals surface area contributed by atoms with Gasteiger partial charge in [-0.2, -0.15) is 5.10 Å². The zero-order valence-electron chi connectivity index (χ0n) is 10.6. The second kappa shape index (κ2) is 6.89. The van der Waals surface area contributed by atoms with Gasteiger partial charge in [-0.15, -0.1) is 5.46 Å². The van der Waals surface area contributed by atoms with E-state index in [9.17, 15) is 12.9 Å². The molecule has 1 aromatic heterocycles. The Morgan fingerprint density at radius 2 is 2.05 bits per heavy atom. The van der Waals surface area contributed by atoms with Gasteiger partial charge < -0.3 is 17.7 Å². The molecule has 0 bridgehead atoms. The minimum Gasteiger partial charge on any atom is -0.486 e. The molecular formula is C10H10BF3KN3O. The maximum Gasteiger partial charge on any atom is 1.00 e. The van der Waals surface area contributed by atoms with Crippen LogP contribution in [0.5, 0.6) is 5.75 Å². The van der Waals surface area contributed by atoms with Gasteiger partial charge in [0, 0.05) is 7.05 Å². The number of hydrogen-bond acceptors (Lipinski definition) is 3. The molecule has 0 saturated heterocycles. The van der Waals surface area contributed by atoms with Crippen LogP contribution in [-0.4, -0.2) is 21.7 Å². The maximum atomic E-state index is 12.5. The summed E-state index contributed by atoms with van der Waals surface area (Å²) in [6.45, 7) is -4.93. The number of ether oxygens (including phenoxy) is 1. The van der Waals surface area contributed by atoms with Crippen LogP contribution >= 0.6 is 0 Å². The number of benzene rings is 1. The molecular weight excluding hydrogens is 285 g/mol. The van der Waals surface area contributed by atoms with E-state index in [1.165, 1.54) is 23.1 Å². The number of rotatable bonds is 4. The van der Waals surface area contributed by atoms with Crippen LogP contribution in [0.1, 0.15) is 5.82 Å². The first kappa shape index (κ1) is 16.7. The monoisotopic (exact) mass is 295 g/mol. The van der Waals surface area contributed by atoms with E-state index in [-0.39, 0.29) is 63.7 Å². The summed E-state index contributed by atoms with van der Waals surface area (Å²) in [5, 5.41) is 3.83. The summed E-state index contributed by atoms with van der Waals surface area (Å²) in [6, 6.07) is 4.80. The molecule has 1 heterocycles. The molecule has 9 heteroatoms. The minimum absolute atomic E-state index is 0. The molecule has 0 amide bonds. The molecule has 0 N–H and O–H groups in total. The molecule has 1 aromatic carbocycles. The number of nitrogens with zero attached hydrogens (tertiary/aromatic N) is 3. The Kier molecular flexibility index (Phi) is 6.06. The van der Waals surface area contributed by atoms with Crippen LogP contribution in [0.2, 0.25) is 0 Å². The molecule has 0 unspecified atom stereocenters. The van der Waals surface area contributed by atoms with Crippen molar-refractivity contribution in [2.24, 2.45) is 7.05 Å². The Hall–Kier alpha value is -0.349. The number of aryl methyl sites for hydroxylation is 1. The van der Waals surface area contributed by atoms with E-state index in [1.54, 1.807) is 7.05 Å². The van der Waals surface area contributed by atoms with Crippen molar-refractivity contribution in [1.29, 1.82) is 0 Å². The van der Waals surface area contributed by atoms with Crippen molar-refractivity contribution in [1.82, 2.24) is 14.8 Å². The average Bonchev–Trinajstić information content (AvgIpc) is 2.72. The van der Waals surface area contributed by atoms with E-state index in [0.717, 1.165) is 12.1 Å². The molecule has 4 nitrogen and oxygen atoms in total. The van der Waals surface area contributed by atoms with Gasteiger partial charge in [0.2, 0.25) is 0 Å². The molecule has 0 saturated carbocycles.